The molecule has 26 heavy (non-hydrogen) atoms. The van der Waals surface area contributed by atoms with Gasteiger partial charge in [-0.1, -0.05) is 18.2 Å². The van der Waals surface area contributed by atoms with Crippen LogP contribution in [-0.4, -0.2) is 45.5 Å². The molecule has 0 radical (unpaired) electrons. The van der Waals surface area contributed by atoms with Gasteiger partial charge in [-0.15, -0.1) is 0 Å². The van der Waals surface area contributed by atoms with Crippen LogP contribution in [-0.2, 0) is 16.4 Å². The van der Waals surface area contributed by atoms with E-state index in [0.717, 1.165) is 11.8 Å². The first kappa shape index (κ1) is 19.7. The van der Waals surface area contributed by atoms with Crippen LogP contribution >= 0.6 is 0 Å². The minimum Gasteiger partial charge on any atom is -0.348 e. The van der Waals surface area contributed by atoms with Crippen molar-refractivity contribution in [2.75, 3.05) is 20.4 Å². The minimum atomic E-state index is -3.39. The summed E-state index contributed by atoms with van der Waals surface area (Å²) in [5.74, 6) is -0.447. The normalized spacial score (nSPS) is 11.1. The molecule has 0 aliphatic heterocycles. The molecule has 0 aliphatic rings. The summed E-state index contributed by atoms with van der Waals surface area (Å²) in [5, 5.41) is 2.76. The minimum absolute atomic E-state index is 0.0893. The van der Waals surface area contributed by atoms with E-state index in [9.17, 15) is 18.0 Å². The van der Waals surface area contributed by atoms with Crippen molar-refractivity contribution in [2.45, 2.75) is 18.4 Å². The van der Waals surface area contributed by atoms with E-state index < -0.39 is 9.84 Å². The predicted octanol–water partition coefficient (Wildman–Crippen LogP) is 2.03. The number of nitrogens with one attached hydrogen (secondary N) is 1. The van der Waals surface area contributed by atoms with Crippen molar-refractivity contribution in [1.29, 1.82) is 0 Å². The summed E-state index contributed by atoms with van der Waals surface area (Å²) >= 11 is 0. The molecular weight excluding hydrogens is 352 g/mol. The summed E-state index contributed by atoms with van der Waals surface area (Å²) < 4.78 is 23.6. The van der Waals surface area contributed by atoms with Gasteiger partial charge in [-0.2, -0.15) is 0 Å². The lowest BCUT2D eigenvalue weighted by Gasteiger charge is -2.11. The second kappa shape index (κ2) is 7.70. The van der Waals surface area contributed by atoms with Gasteiger partial charge in [0.1, 0.15) is 0 Å². The Morgan fingerprint density at radius 1 is 1.00 bits per heavy atom. The van der Waals surface area contributed by atoms with Gasteiger partial charge in [-0.3, -0.25) is 9.59 Å². The SMILES string of the molecule is Cc1ccc(C(=O)NCc2ccc(C(=O)N(C)C)cc2)cc1S(C)(=O)=O. The van der Waals surface area contributed by atoms with E-state index in [-0.39, 0.29) is 28.8 Å². The summed E-state index contributed by atoms with van der Waals surface area (Å²) in [5.41, 5.74) is 2.30. The van der Waals surface area contributed by atoms with Crippen LogP contribution in [0, 0.1) is 6.92 Å². The number of nitrogens with zero attached hydrogens (tertiary/aromatic N) is 1. The van der Waals surface area contributed by atoms with Crippen LogP contribution in [0.5, 0.6) is 0 Å². The van der Waals surface area contributed by atoms with E-state index in [1.165, 1.54) is 11.0 Å². The lowest BCUT2D eigenvalue weighted by atomic mass is 10.1. The molecule has 2 amide bonds. The Bertz CT molecular complexity index is 933. The molecule has 7 heteroatoms. The zero-order valence-corrected chi connectivity index (χ0v) is 16.1. The van der Waals surface area contributed by atoms with Crippen molar-refractivity contribution in [1.82, 2.24) is 10.2 Å². The lowest BCUT2D eigenvalue weighted by molar-refractivity contribution is 0.0827. The van der Waals surface area contributed by atoms with Gasteiger partial charge in [0, 0.05) is 38.0 Å². The largest absolute Gasteiger partial charge is 0.348 e. The number of sulfone groups is 1. The summed E-state index contributed by atoms with van der Waals surface area (Å²) in [7, 11) is -0.0259. The number of aryl methyl sites for hydroxylation is 1. The molecule has 0 unspecified atom stereocenters. The van der Waals surface area contributed by atoms with Crippen LogP contribution in [0.1, 0.15) is 31.8 Å². The molecular formula is C19H22N2O4S. The Hall–Kier alpha value is -2.67. The van der Waals surface area contributed by atoms with Gasteiger partial charge in [0.05, 0.1) is 4.90 Å². The molecule has 138 valence electrons. The molecule has 1 N–H and O–H groups in total. The third-order valence-electron chi connectivity index (χ3n) is 3.91. The summed E-state index contributed by atoms with van der Waals surface area (Å²) in [4.78, 5) is 25.8. The van der Waals surface area contributed by atoms with Gasteiger partial charge < -0.3 is 10.2 Å². The third kappa shape index (κ3) is 4.70. The van der Waals surface area contributed by atoms with Crippen LogP contribution in [0.25, 0.3) is 0 Å². The predicted molar refractivity (Wildman–Crippen MR) is 99.9 cm³/mol. The highest BCUT2D eigenvalue weighted by atomic mass is 32.2. The number of benzene rings is 2. The highest BCUT2D eigenvalue weighted by Crippen LogP contribution is 2.17. The van der Waals surface area contributed by atoms with Crippen LogP contribution in [0.15, 0.2) is 47.4 Å². The Labute approximate surface area is 153 Å². The smallest absolute Gasteiger partial charge is 0.253 e. The quantitative estimate of drug-likeness (QED) is 0.868. The molecule has 0 atom stereocenters. The molecule has 2 aromatic carbocycles. The fraction of sp³-hybridized carbons (Fsp3) is 0.263. The molecule has 0 aliphatic carbocycles. The molecule has 0 fully saturated rings. The summed E-state index contributed by atoms with van der Waals surface area (Å²) in [6.07, 6.45) is 1.12. The average Bonchev–Trinajstić information content (AvgIpc) is 2.58. The molecule has 6 nitrogen and oxygen atoms in total. The first-order valence-corrected chi connectivity index (χ1v) is 9.88. The van der Waals surface area contributed by atoms with E-state index >= 15 is 0 Å². The number of rotatable bonds is 5. The lowest BCUT2D eigenvalue weighted by Crippen LogP contribution is -2.23. The maximum Gasteiger partial charge on any atom is 0.253 e. The third-order valence-corrected chi connectivity index (χ3v) is 5.15. The first-order valence-electron chi connectivity index (χ1n) is 7.99. The van der Waals surface area contributed by atoms with Crippen LogP contribution in [0.2, 0.25) is 0 Å². The van der Waals surface area contributed by atoms with Crippen LogP contribution in [0.3, 0.4) is 0 Å². The standard InChI is InChI=1S/C19H22N2O4S/c1-13-5-8-16(11-17(13)26(4,24)25)18(22)20-12-14-6-9-15(10-7-14)19(23)21(2)3/h5-11H,12H2,1-4H3,(H,20,22). The van der Waals surface area contributed by atoms with Crippen molar-refractivity contribution in [3.05, 3.63) is 64.7 Å². The van der Waals surface area contributed by atoms with Gasteiger partial charge in [0.15, 0.2) is 9.84 Å². The highest BCUT2D eigenvalue weighted by Gasteiger charge is 2.14. The van der Waals surface area contributed by atoms with Crippen LogP contribution in [0.4, 0.5) is 0 Å². The van der Waals surface area contributed by atoms with Crippen LogP contribution < -0.4 is 5.32 Å². The summed E-state index contributed by atoms with van der Waals surface area (Å²) in [6, 6.07) is 11.6. The molecule has 0 heterocycles. The number of amides is 2. The molecule has 2 aromatic rings. The van der Waals surface area contributed by atoms with E-state index in [0.29, 0.717) is 11.1 Å². The number of hydrogen-bond acceptors (Lipinski definition) is 4. The Morgan fingerprint density at radius 2 is 1.58 bits per heavy atom. The monoisotopic (exact) mass is 374 g/mol. The highest BCUT2D eigenvalue weighted by molar-refractivity contribution is 7.90. The van der Waals surface area contributed by atoms with Gasteiger partial charge >= 0.3 is 0 Å². The van der Waals surface area contributed by atoms with E-state index in [4.69, 9.17) is 0 Å². The average molecular weight is 374 g/mol. The zero-order valence-electron chi connectivity index (χ0n) is 15.2. The fourth-order valence-corrected chi connectivity index (χ4v) is 3.44. The van der Waals surface area contributed by atoms with Crippen molar-refractivity contribution in [2.24, 2.45) is 0 Å². The van der Waals surface area contributed by atoms with Gasteiger partial charge in [-0.05, 0) is 42.3 Å². The van der Waals surface area contributed by atoms with Crippen molar-refractivity contribution >= 4 is 21.7 Å². The number of carbonyl (C=O) groups excluding carboxylic acids is 2. The van der Waals surface area contributed by atoms with Gasteiger partial charge in [0.2, 0.25) is 0 Å². The Morgan fingerprint density at radius 3 is 2.12 bits per heavy atom. The molecule has 0 saturated heterocycles. The molecule has 0 bridgehead atoms. The Kier molecular flexibility index (Phi) is 5.82. The number of carbonyl (C=O) groups is 2. The van der Waals surface area contributed by atoms with E-state index in [1.54, 1.807) is 57.4 Å². The fourth-order valence-electron chi connectivity index (χ4n) is 2.45. The summed E-state index contributed by atoms with van der Waals surface area (Å²) in [6.45, 7) is 1.96. The maximum atomic E-state index is 12.3. The van der Waals surface area contributed by atoms with Crippen molar-refractivity contribution in [3.63, 3.8) is 0 Å². The maximum absolute atomic E-state index is 12.3. The molecule has 0 saturated carbocycles. The number of hydrogen-bond donors (Lipinski definition) is 1. The van der Waals surface area contributed by atoms with Gasteiger partial charge in [-0.25, -0.2) is 8.42 Å². The molecule has 0 aromatic heterocycles. The topological polar surface area (TPSA) is 83.6 Å². The van der Waals surface area contributed by atoms with E-state index in [1.807, 2.05) is 0 Å². The molecule has 0 spiro atoms. The van der Waals surface area contributed by atoms with E-state index in [2.05, 4.69) is 5.32 Å². The first-order chi connectivity index (χ1) is 12.1. The second-order valence-electron chi connectivity index (χ2n) is 6.33. The van der Waals surface area contributed by atoms with Gasteiger partial charge in [0.25, 0.3) is 11.8 Å². The van der Waals surface area contributed by atoms with Crippen molar-refractivity contribution in [3.8, 4) is 0 Å². The Balaban J connectivity index is 2.08. The second-order valence-corrected chi connectivity index (χ2v) is 8.32. The molecule has 2 rings (SSSR count). The van der Waals surface area contributed by atoms with Crippen molar-refractivity contribution < 1.29 is 18.0 Å². The zero-order chi connectivity index (χ0) is 19.5.